The normalized spacial score (nSPS) is 12.3. The molecule has 0 aliphatic rings. The van der Waals surface area contributed by atoms with Crippen LogP contribution in [0.4, 0.5) is 5.69 Å². The minimum Gasteiger partial charge on any atom is -0.478 e. The van der Waals surface area contributed by atoms with E-state index in [-0.39, 0.29) is 23.4 Å². The molecule has 2 aromatic rings. The van der Waals surface area contributed by atoms with E-state index in [0.29, 0.717) is 5.56 Å². The fraction of sp³-hybridized carbons (Fsp3) is 0.222. The number of aliphatic hydroxyl groups is 1. The molecule has 0 saturated heterocycles. The Labute approximate surface area is 157 Å². The maximum absolute atomic E-state index is 12.6. The summed E-state index contributed by atoms with van der Waals surface area (Å²) in [6.07, 6.45) is 0.970. The zero-order chi connectivity index (χ0) is 20.2. The number of benzene rings is 2. The largest absolute Gasteiger partial charge is 0.478 e. The standard InChI is InChI=1S/C18H20N2O6S/c1-20(27(2,25)26)15-9-13(8-14(10-15)18(23)24)17(22)19-16(11-21)12-6-4-3-5-7-12/h3-10,16,21H,11H2,1-2H3,(H,19,22)(H,23,24)/t16-/m1/s1. The number of hydrogen-bond acceptors (Lipinski definition) is 5. The van der Waals surface area contributed by atoms with Gasteiger partial charge in [-0.3, -0.25) is 9.10 Å². The minimum absolute atomic E-state index is 0.0326. The van der Waals surface area contributed by atoms with Crippen molar-refractivity contribution in [3.05, 3.63) is 65.2 Å². The second kappa shape index (κ2) is 8.19. The van der Waals surface area contributed by atoms with E-state index in [9.17, 15) is 28.2 Å². The SMILES string of the molecule is CN(c1cc(C(=O)O)cc(C(=O)N[C@H](CO)c2ccccc2)c1)S(C)(=O)=O. The smallest absolute Gasteiger partial charge is 0.335 e. The number of anilines is 1. The number of rotatable bonds is 7. The Bertz CT molecular complexity index is 944. The molecule has 1 amide bonds. The number of nitrogens with one attached hydrogen (secondary N) is 1. The molecule has 0 aliphatic heterocycles. The van der Waals surface area contributed by atoms with Gasteiger partial charge in [0.05, 0.1) is 30.2 Å². The molecule has 0 unspecified atom stereocenters. The number of carbonyl (C=O) groups is 2. The number of aliphatic hydroxyl groups excluding tert-OH is 1. The van der Waals surface area contributed by atoms with Crippen molar-refractivity contribution in [2.24, 2.45) is 0 Å². The van der Waals surface area contributed by atoms with Gasteiger partial charge in [0.2, 0.25) is 10.0 Å². The van der Waals surface area contributed by atoms with Crippen molar-refractivity contribution < 1.29 is 28.2 Å². The Morgan fingerprint density at radius 3 is 2.22 bits per heavy atom. The molecule has 0 aromatic heterocycles. The van der Waals surface area contributed by atoms with Gasteiger partial charge in [0.25, 0.3) is 5.91 Å². The third-order valence-electron chi connectivity index (χ3n) is 3.98. The highest BCUT2D eigenvalue weighted by Gasteiger charge is 2.20. The van der Waals surface area contributed by atoms with Crippen molar-refractivity contribution in [3.63, 3.8) is 0 Å². The minimum atomic E-state index is -3.64. The summed E-state index contributed by atoms with van der Waals surface area (Å²) >= 11 is 0. The Morgan fingerprint density at radius 1 is 1.11 bits per heavy atom. The number of carbonyl (C=O) groups excluding carboxylic acids is 1. The van der Waals surface area contributed by atoms with E-state index in [1.165, 1.54) is 19.2 Å². The van der Waals surface area contributed by atoms with Crippen molar-refractivity contribution in [2.75, 3.05) is 24.2 Å². The summed E-state index contributed by atoms with van der Waals surface area (Å²) in [6, 6.07) is 11.7. The highest BCUT2D eigenvalue weighted by atomic mass is 32.2. The summed E-state index contributed by atoms with van der Waals surface area (Å²) in [6.45, 7) is -0.357. The van der Waals surface area contributed by atoms with Crippen molar-refractivity contribution in [1.29, 1.82) is 0 Å². The van der Waals surface area contributed by atoms with Crippen molar-refractivity contribution in [2.45, 2.75) is 6.04 Å². The Hall–Kier alpha value is -2.91. The van der Waals surface area contributed by atoms with Gasteiger partial charge in [-0.2, -0.15) is 0 Å². The molecule has 2 aromatic carbocycles. The van der Waals surface area contributed by atoms with E-state index in [1.807, 2.05) is 0 Å². The van der Waals surface area contributed by atoms with Crippen LogP contribution < -0.4 is 9.62 Å². The van der Waals surface area contributed by atoms with Gasteiger partial charge in [-0.25, -0.2) is 13.2 Å². The van der Waals surface area contributed by atoms with Crippen LogP contribution in [0.5, 0.6) is 0 Å². The Balaban J connectivity index is 2.39. The first-order valence-corrected chi connectivity index (χ1v) is 9.77. The van der Waals surface area contributed by atoms with E-state index < -0.39 is 27.9 Å². The van der Waals surface area contributed by atoms with E-state index in [2.05, 4.69) is 5.32 Å². The monoisotopic (exact) mass is 392 g/mol. The van der Waals surface area contributed by atoms with Crippen LogP contribution in [0.2, 0.25) is 0 Å². The first-order valence-electron chi connectivity index (χ1n) is 7.92. The van der Waals surface area contributed by atoms with Gasteiger partial charge < -0.3 is 15.5 Å². The highest BCUT2D eigenvalue weighted by Crippen LogP contribution is 2.22. The number of nitrogens with zero attached hydrogens (tertiary/aromatic N) is 1. The molecule has 0 fully saturated rings. The number of hydrogen-bond donors (Lipinski definition) is 3. The molecule has 144 valence electrons. The fourth-order valence-electron chi connectivity index (χ4n) is 2.40. The fourth-order valence-corrected chi connectivity index (χ4v) is 2.89. The molecule has 27 heavy (non-hydrogen) atoms. The Morgan fingerprint density at radius 2 is 1.70 bits per heavy atom. The third-order valence-corrected chi connectivity index (χ3v) is 5.18. The molecule has 0 spiro atoms. The van der Waals surface area contributed by atoms with Gasteiger partial charge in [0.1, 0.15) is 0 Å². The molecular formula is C18H20N2O6S. The lowest BCUT2D eigenvalue weighted by atomic mass is 10.1. The van der Waals surface area contributed by atoms with E-state index >= 15 is 0 Å². The first-order chi connectivity index (χ1) is 12.6. The average molecular weight is 392 g/mol. The molecule has 2 rings (SSSR count). The second-order valence-corrected chi connectivity index (χ2v) is 7.94. The van der Waals surface area contributed by atoms with Crippen LogP contribution in [0.1, 0.15) is 32.3 Å². The molecule has 0 bridgehead atoms. The number of amides is 1. The van der Waals surface area contributed by atoms with Crippen molar-refractivity contribution in [1.82, 2.24) is 5.32 Å². The van der Waals surface area contributed by atoms with Gasteiger partial charge in [-0.05, 0) is 23.8 Å². The van der Waals surface area contributed by atoms with Gasteiger partial charge in [-0.15, -0.1) is 0 Å². The summed E-state index contributed by atoms with van der Waals surface area (Å²) < 4.78 is 24.4. The van der Waals surface area contributed by atoms with Gasteiger partial charge in [-0.1, -0.05) is 30.3 Å². The quantitative estimate of drug-likeness (QED) is 0.651. The van der Waals surface area contributed by atoms with Crippen LogP contribution in [-0.2, 0) is 10.0 Å². The van der Waals surface area contributed by atoms with Crippen LogP contribution in [0, 0.1) is 0 Å². The lowest BCUT2D eigenvalue weighted by Crippen LogP contribution is -2.31. The summed E-state index contributed by atoms with van der Waals surface area (Å²) in [5, 5.41) is 21.5. The summed E-state index contributed by atoms with van der Waals surface area (Å²) in [5.74, 6) is -1.93. The van der Waals surface area contributed by atoms with Crippen molar-refractivity contribution in [3.8, 4) is 0 Å². The van der Waals surface area contributed by atoms with Crippen LogP contribution in [0.15, 0.2) is 48.5 Å². The van der Waals surface area contributed by atoms with Gasteiger partial charge >= 0.3 is 5.97 Å². The zero-order valence-corrected chi connectivity index (χ0v) is 15.6. The molecule has 0 heterocycles. The maximum atomic E-state index is 12.6. The lowest BCUT2D eigenvalue weighted by molar-refractivity contribution is 0.0697. The van der Waals surface area contributed by atoms with Crippen molar-refractivity contribution >= 4 is 27.6 Å². The number of carboxylic acid groups (broad SMARTS) is 1. The van der Waals surface area contributed by atoms with Crippen LogP contribution in [-0.4, -0.2) is 50.4 Å². The summed E-state index contributed by atoms with van der Waals surface area (Å²) in [4.78, 5) is 24.0. The number of sulfonamides is 1. The number of carboxylic acids is 1. The van der Waals surface area contributed by atoms with Gasteiger partial charge in [0.15, 0.2) is 0 Å². The summed E-state index contributed by atoms with van der Waals surface area (Å²) in [5.41, 5.74) is 0.460. The van der Waals surface area contributed by atoms with Crippen LogP contribution in [0.3, 0.4) is 0 Å². The van der Waals surface area contributed by atoms with Crippen LogP contribution >= 0.6 is 0 Å². The topological polar surface area (TPSA) is 124 Å². The van der Waals surface area contributed by atoms with E-state index in [4.69, 9.17) is 0 Å². The van der Waals surface area contributed by atoms with Crippen LogP contribution in [0.25, 0.3) is 0 Å². The molecule has 3 N–H and O–H groups in total. The van der Waals surface area contributed by atoms with Gasteiger partial charge in [0, 0.05) is 12.6 Å². The Kier molecular flexibility index (Phi) is 6.19. The average Bonchev–Trinajstić information content (AvgIpc) is 2.64. The molecule has 9 heteroatoms. The molecule has 8 nitrogen and oxygen atoms in total. The first kappa shape index (κ1) is 20.4. The maximum Gasteiger partial charge on any atom is 0.335 e. The molecule has 0 saturated carbocycles. The number of aromatic carboxylic acids is 1. The van der Waals surface area contributed by atoms with E-state index in [0.717, 1.165) is 16.6 Å². The molecule has 0 aliphatic carbocycles. The van der Waals surface area contributed by atoms with E-state index in [1.54, 1.807) is 30.3 Å². The third kappa shape index (κ3) is 5.05. The molecule has 0 radical (unpaired) electrons. The highest BCUT2D eigenvalue weighted by molar-refractivity contribution is 7.92. The second-order valence-electron chi connectivity index (χ2n) is 5.92. The summed E-state index contributed by atoms with van der Waals surface area (Å²) in [7, 11) is -2.38. The molecule has 1 atom stereocenters. The predicted molar refractivity (Wildman–Crippen MR) is 100 cm³/mol. The zero-order valence-electron chi connectivity index (χ0n) is 14.8. The molecular weight excluding hydrogens is 372 g/mol. The lowest BCUT2D eigenvalue weighted by Gasteiger charge is -2.20. The predicted octanol–water partition coefficient (Wildman–Crippen LogP) is 1.24.